The van der Waals surface area contributed by atoms with Crippen LogP contribution < -0.4 is 0 Å². The fraction of sp³-hybridized carbons (Fsp3) is 0.875. The van der Waals surface area contributed by atoms with E-state index in [0.717, 1.165) is 0 Å². The molecule has 106 valence electrons. The Morgan fingerprint density at radius 3 is 2.11 bits per heavy atom. The van der Waals surface area contributed by atoms with Crippen LogP contribution in [0.5, 0.6) is 0 Å². The average molecular weight is 262 g/mol. The highest BCUT2D eigenvalue weighted by molar-refractivity contribution is 6.54. The lowest BCUT2D eigenvalue weighted by molar-refractivity contribution is 0.00578. The number of allylic oxidation sites excluding steroid dienone is 2. The summed E-state index contributed by atoms with van der Waals surface area (Å²) in [5.74, 6) is 0. The highest BCUT2D eigenvalue weighted by atomic mass is 16.7. The SMILES string of the molecule is CC1(C)OB(C2=CCC3(CCCCC3)C2)OC1(C)C. The highest BCUT2D eigenvalue weighted by Crippen LogP contribution is 2.51. The summed E-state index contributed by atoms with van der Waals surface area (Å²) in [6.07, 6.45) is 11.9. The smallest absolute Gasteiger partial charge is 0.400 e. The van der Waals surface area contributed by atoms with Gasteiger partial charge in [-0.3, -0.25) is 0 Å². The number of hydrogen-bond donors (Lipinski definition) is 0. The first-order chi connectivity index (χ1) is 8.84. The van der Waals surface area contributed by atoms with Crippen molar-refractivity contribution >= 4 is 7.12 Å². The van der Waals surface area contributed by atoms with Crippen LogP contribution in [0.3, 0.4) is 0 Å². The minimum atomic E-state index is -0.208. The molecule has 0 radical (unpaired) electrons. The third-order valence-electron chi connectivity index (χ3n) is 5.85. The first-order valence-corrected chi connectivity index (χ1v) is 7.88. The summed E-state index contributed by atoms with van der Waals surface area (Å²) in [6.45, 7) is 8.55. The molecule has 3 rings (SSSR count). The zero-order chi connectivity index (χ0) is 13.7. The number of rotatable bonds is 1. The molecule has 1 saturated carbocycles. The first kappa shape index (κ1) is 13.7. The summed E-state index contributed by atoms with van der Waals surface area (Å²) < 4.78 is 12.4. The zero-order valence-corrected chi connectivity index (χ0v) is 12.9. The van der Waals surface area contributed by atoms with Gasteiger partial charge in [0, 0.05) is 0 Å². The van der Waals surface area contributed by atoms with Gasteiger partial charge in [-0.15, -0.1) is 0 Å². The Morgan fingerprint density at radius 2 is 1.53 bits per heavy atom. The molecule has 0 aromatic rings. The molecule has 3 aliphatic rings. The summed E-state index contributed by atoms with van der Waals surface area (Å²) in [5, 5.41) is 0. The molecule has 0 unspecified atom stereocenters. The standard InChI is InChI=1S/C16H27BO2/c1-14(2)15(3,4)19-17(18-14)13-8-11-16(12-13)9-6-5-7-10-16/h8H,5-7,9-12H2,1-4H3. The van der Waals surface area contributed by atoms with Crippen molar-refractivity contribution in [2.75, 3.05) is 0 Å². The quantitative estimate of drug-likeness (QED) is 0.656. The molecule has 0 bridgehead atoms. The predicted octanol–water partition coefficient (Wildman–Crippen LogP) is 4.29. The molecule has 0 atom stereocenters. The summed E-state index contributed by atoms with van der Waals surface area (Å²) in [4.78, 5) is 0. The van der Waals surface area contributed by atoms with E-state index in [1.165, 1.54) is 50.4 Å². The van der Waals surface area contributed by atoms with Gasteiger partial charge in [-0.05, 0) is 64.3 Å². The van der Waals surface area contributed by atoms with Crippen LogP contribution in [0.4, 0.5) is 0 Å². The minimum Gasteiger partial charge on any atom is -0.400 e. The van der Waals surface area contributed by atoms with Crippen molar-refractivity contribution in [1.29, 1.82) is 0 Å². The molecule has 1 spiro atoms. The van der Waals surface area contributed by atoms with E-state index in [4.69, 9.17) is 9.31 Å². The molecule has 19 heavy (non-hydrogen) atoms. The largest absolute Gasteiger partial charge is 0.490 e. The van der Waals surface area contributed by atoms with Crippen LogP contribution in [0.1, 0.15) is 72.6 Å². The lowest BCUT2D eigenvalue weighted by Crippen LogP contribution is -2.41. The lowest BCUT2D eigenvalue weighted by atomic mass is 9.68. The van der Waals surface area contributed by atoms with Crippen molar-refractivity contribution in [3.05, 3.63) is 11.5 Å². The van der Waals surface area contributed by atoms with Gasteiger partial charge in [0.1, 0.15) is 0 Å². The van der Waals surface area contributed by atoms with Crippen LogP contribution in [0, 0.1) is 5.41 Å². The molecule has 0 aromatic heterocycles. The summed E-state index contributed by atoms with van der Waals surface area (Å²) in [6, 6.07) is 0. The molecule has 1 heterocycles. The fourth-order valence-electron chi connectivity index (χ4n) is 3.78. The second-order valence-corrected chi connectivity index (χ2v) is 7.81. The molecular weight excluding hydrogens is 235 g/mol. The van der Waals surface area contributed by atoms with Crippen molar-refractivity contribution in [2.45, 2.75) is 83.8 Å². The van der Waals surface area contributed by atoms with Crippen LogP contribution in [0.25, 0.3) is 0 Å². The van der Waals surface area contributed by atoms with E-state index in [-0.39, 0.29) is 18.3 Å². The Hall–Kier alpha value is -0.275. The third kappa shape index (κ3) is 2.29. The predicted molar refractivity (Wildman–Crippen MR) is 78.9 cm³/mol. The van der Waals surface area contributed by atoms with Gasteiger partial charge in [0.05, 0.1) is 11.2 Å². The van der Waals surface area contributed by atoms with Gasteiger partial charge in [0.25, 0.3) is 0 Å². The van der Waals surface area contributed by atoms with Crippen molar-refractivity contribution in [3.63, 3.8) is 0 Å². The maximum Gasteiger partial charge on any atom is 0.490 e. The molecule has 1 aliphatic heterocycles. The lowest BCUT2D eigenvalue weighted by Gasteiger charge is -2.33. The molecular formula is C16H27BO2. The molecule has 2 fully saturated rings. The van der Waals surface area contributed by atoms with Crippen molar-refractivity contribution in [3.8, 4) is 0 Å². The van der Waals surface area contributed by atoms with E-state index in [2.05, 4.69) is 33.8 Å². The molecule has 2 nitrogen and oxygen atoms in total. The Morgan fingerprint density at radius 1 is 0.947 bits per heavy atom. The molecule has 3 heteroatoms. The minimum absolute atomic E-state index is 0.105. The van der Waals surface area contributed by atoms with Crippen LogP contribution in [-0.4, -0.2) is 18.3 Å². The zero-order valence-electron chi connectivity index (χ0n) is 12.9. The van der Waals surface area contributed by atoms with Crippen LogP contribution >= 0.6 is 0 Å². The second-order valence-electron chi connectivity index (χ2n) is 7.81. The summed E-state index contributed by atoms with van der Waals surface area (Å²) in [7, 11) is -0.105. The maximum absolute atomic E-state index is 6.19. The van der Waals surface area contributed by atoms with E-state index >= 15 is 0 Å². The summed E-state index contributed by atoms with van der Waals surface area (Å²) in [5.41, 5.74) is 1.54. The van der Waals surface area contributed by atoms with E-state index in [1.807, 2.05) is 0 Å². The average Bonchev–Trinajstić information content (AvgIpc) is 2.81. The van der Waals surface area contributed by atoms with Crippen LogP contribution in [0.15, 0.2) is 11.5 Å². The van der Waals surface area contributed by atoms with Crippen molar-refractivity contribution in [1.82, 2.24) is 0 Å². The Kier molecular flexibility index (Phi) is 3.14. The maximum atomic E-state index is 6.19. The van der Waals surface area contributed by atoms with E-state index in [9.17, 15) is 0 Å². The summed E-state index contributed by atoms with van der Waals surface area (Å²) >= 11 is 0. The van der Waals surface area contributed by atoms with Gasteiger partial charge in [-0.25, -0.2) is 0 Å². The van der Waals surface area contributed by atoms with E-state index < -0.39 is 0 Å². The van der Waals surface area contributed by atoms with Crippen LogP contribution in [0.2, 0.25) is 0 Å². The molecule has 1 saturated heterocycles. The monoisotopic (exact) mass is 262 g/mol. The van der Waals surface area contributed by atoms with E-state index in [0.29, 0.717) is 5.41 Å². The normalized spacial score (nSPS) is 31.8. The Bertz CT molecular complexity index is 376. The molecule has 2 aliphatic carbocycles. The van der Waals surface area contributed by atoms with Gasteiger partial charge in [0.2, 0.25) is 0 Å². The van der Waals surface area contributed by atoms with Gasteiger partial charge < -0.3 is 9.31 Å². The fourth-order valence-corrected chi connectivity index (χ4v) is 3.78. The Labute approximate surface area is 118 Å². The van der Waals surface area contributed by atoms with Gasteiger partial charge >= 0.3 is 7.12 Å². The second kappa shape index (κ2) is 4.36. The van der Waals surface area contributed by atoms with Crippen molar-refractivity contribution < 1.29 is 9.31 Å². The van der Waals surface area contributed by atoms with Gasteiger partial charge in [-0.1, -0.05) is 25.3 Å². The van der Waals surface area contributed by atoms with Crippen molar-refractivity contribution in [2.24, 2.45) is 5.41 Å². The highest BCUT2D eigenvalue weighted by Gasteiger charge is 2.54. The molecule has 0 N–H and O–H groups in total. The third-order valence-corrected chi connectivity index (χ3v) is 5.85. The first-order valence-electron chi connectivity index (χ1n) is 7.88. The van der Waals surface area contributed by atoms with Gasteiger partial charge in [0.15, 0.2) is 0 Å². The molecule has 0 aromatic carbocycles. The Balaban J connectivity index is 1.69. The van der Waals surface area contributed by atoms with Gasteiger partial charge in [-0.2, -0.15) is 0 Å². The molecule has 0 amide bonds. The van der Waals surface area contributed by atoms with E-state index in [1.54, 1.807) is 0 Å². The topological polar surface area (TPSA) is 18.5 Å². The number of hydrogen-bond acceptors (Lipinski definition) is 2. The van der Waals surface area contributed by atoms with Crippen LogP contribution in [-0.2, 0) is 9.31 Å².